The fourth-order valence-electron chi connectivity index (χ4n) is 2.04. The summed E-state index contributed by atoms with van der Waals surface area (Å²) in [6.45, 7) is 8.28. The number of nitrogens with zero attached hydrogens (tertiary/aromatic N) is 1. The minimum absolute atomic E-state index is 0.276. The molecule has 1 unspecified atom stereocenters. The van der Waals surface area contributed by atoms with Gasteiger partial charge in [-0.25, -0.2) is 5.84 Å². The van der Waals surface area contributed by atoms with Gasteiger partial charge in [0.25, 0.3) is 0 Å². The van der Waals surface area contributed by atoms with Gasteiger partial charge in [-0.3, -0.25) is 15.1 Å². The average molecular weight is 283 g/mol. The highest BCUT2D eigenvalue weighted by atomic mass is 16.5. The van der Waals surface area contributed by atoms with Crippen molar-refractivity contribution in [3.05, 3.63) is 23.2 Å². The summed E-state index contributed by atoms with van der Waals surface area (Å²) in [4.78, 5) is 13.8. The molecule has 1 rings (SSSR count). The quantitative estimate of drug-likeness (QED) is 0.428. The molecule has 0 radical (unpaired) electrons. The van der Waals surface area contributed by atoms with Gasteiger partial charge >= 0.3 is 5.91 Å². The first-order chi connectivity index (χ1) is 9.53. The van der Waals surface area contributed by atoms with Gasteiger partial charge in [0.1, 0.15) is 5.76 Å². The molecule has 0 spiro atoms. The highest BCUT2D eigenvalue weighted by Gasteiger charge is 2.18. The minimum Gasteiger partial charge on any atom is -0.454 e. The molecule has 0 aliphatic rings. The van der Waals surface area contributed by atoms with Crippen LogP contribution in [-0.2, 0) is 11.3 Å². The zero-order valence-corrected chi connectivity index (χ0v) is 12.7. The Morgan fingerprint density at radius 3 is 2.85 bits per heavy atom. The van der Waals surface area contributed by atoms with Crippen LogP contribution in [0.1, 0.15) is 42.1 Å². The summed E-state index contributed by atoms with van der Waals surface area (Å²) < 4.78 is 10.7. The van der Waals surface area contributed by atoms with E-state index in [1.54, 1.807) is 7.11 Å². The largest absolute Gasteiger partial charge is 0.454 e. The molecule has 6 heteroatoms. The normalized spacial score (nSPS) is 12.7. The Kier molecular flexibility index (Phi) is 6.70. The van der Waals surface area contributed by atoms with Crippen molar-refractivity contribution in [2.45, 2.75) is 39.8 Å². The van der Waals surface area contributed by atoms with Gasteiger partial charge in [-0.2, -0.15) is 0 Å². The number of methoxy groups -OCH3 is 1. The Balaban J connectivity index is 2.80. The second kappa shape index (κ2) is 8.04. The van der Waals surface area contributed by atoms with Crippen LogP contribution in [0.25, 0.3) is 0 Å². The number of hydrazine groups is 1. The fraction of sp³-hybridized carbons (Fsp3) is 0.643. The molecule has 1 heterocycles. The second-order valence-corrected chi connectivity index (χ2v) is 4.92. The van der Waals surface area contributed by atoms with Crippen LogP contribution >= 0.6 is 0 Å². The summed E-state index contributed by atoms with van der Waals surface area (Å²) in [5.41, 5.74) is 2.88. The van der Waals surface area contributed by atoms with Crippen molar-refractivity contribution in [1.82, 2.24) is 10.3 Å². The summed E-state index contributed by atoms with van der Waals surface area (Å²) in [5.74, 6) is 5.77. The second-order valence-electron chi connectivity index (χ2n) is 4.92. The Bertz CT molecular complexity index is 431. The van der Waals surface area contributed by atoms with Crippen molar-refractivity contribution in [1.29, 1.82) is 0 Å². The zero-order chi connectivity index (χ0) is 15.1. The minimum atomic E-state index is -0.402. The SMILES string of the molecule is CCC(C)N(CCOC)Cc1cc(C)c(C(=O)NN)o1. The lowest BCUT2D eigenvalue weighted by atomic mass is 10.2. The van der Waals surface area contributed by atoms with E-state index in [4.69, 9.17) is 15.0 Å². The van der Waals surface area contributed by atoms with Crippen molar-refractivity contribution in [3.8, 4) is 0 Å². The van der Waals surface area contributed by atoms with E-state index in [0.717, 1.165) is 24.3 Å². The number of hydrogen-bond acceptors (Lipinski definition) is 5. The molecule has 0 aliphatic heterocycles. The zero-order valence-electron chi connectivity index (χ0n) is 12.7. The van der Waals surface area contributed by atoms with Gasteiger partial charge in [-0.05, 0) is 26.3 Å². The fourth-order valence-corrected chi connectivity index (χ4v) is 2.04. The maximum absolute atomic E-state index is 11.5. The Labute approximate surface area is 120 Å². The number of furan rings is 1. The van der Waals surface area contributed by atoms with Crippen LogP contribution in [0, 0.1) is 6.92 Å². The van der Waals surface area contributed by atoms with Crippen LogP contribution < -0.4 is 11.3 Å². The predicted molar refractivity (Wildman–Crippen MR) is 77.1 cm³/mol. The van der Waals surface area contributed by atoms with Crippen LogP contribution in [0.5, 0.6) is 0 Å². The molecule has 20 heavy (non-hydrogen) atoms. The summed E-state index contributed by atoms with van der Waals surface area (Å²) in [6, 6.07) is 2.30. The molecule has 1 atom stereocenters. The van der Waals surface area contributed by atoms with Crippen LogP contribution in [0.3, 0.4) is 0 Å². The van der Waals surface area contributed by atoms with Gasteiger partial charge in [0.05, 0.1) is 13.2 Å². The number of rotatable bonds is 8. The van der Waals surface area contributed by atoms with Gasteiger partial charge in [-0.1, -0.05) is 6.92 Å². The van der Waals surface area contributed by atoms with E-state index in [9.17, 15) is 4.79 Å². The Morgan fingerprint density at radius 1 is 1.60 bits per heavy atom. The van der Waals surface area contributed by atoms with E-state index >= 15 is 0 Å². The third kappa shape index (κ3) is 4.33. The molecule has 0 bridgehead atoms. The molecule has 0 saturated carbocycles. The van der Waals surface area contributed by atoms with Crippen LogP contribution in [-0.4, -0.2) is 37.1 Å². The first-order valence-electron chi connectivity index (χ1n) is 6.86. The topological polar surface area (TPSA) is 80.7 Å². The number of nitrogens with two attached hydrogens (primary N) is 1. The van der Waals surface area contributed by atoms with Gasteiger partial charge in [0.2, 0.25) is 0 Å². The van der Waals surface area contributed by atoms with E-state index < -0.39 is 5.91 Å². The van der Waals surface area contributed by atoms with Crippen molar-refractivity contribution < 1.29 is 13.9 Å². The third-order valence-electron chi connectivity index (χ3n) is 3.46. The number of ether oxygens (including phenoxy) is 1. The molecule has 1 amide bonds. The molecular formula is C14H25N3O3. The molecule has 0 fully saturated rings. The average Bonchev–Trinajstić information content (AvgIpc) is 2.82. The van der Waals surface area contributed by atoms with Crippen LogP contribution in [0.2, 0.25) is 0 Å². The van der Waals surface area contributed by atoms with Crippen LogP contribution in [0.4, 0.5) is 0 Å². The maximum Gasteiger partial charge on any atom is 0.301 e. The molecule has 6 nitrogen and oxygen atoms in total. The molecule has 1 aromatic rings. The number of nitrogen functional groups attached to an aromatic ring is 1. The van der Waals surface area contributed by atoms with Gasteiger partial charge in [-0.15, -0.1) is 0 Å². The molecular weight excluding hydrogens is 258 g/mol. The van der Waals surface area contributed by atoms with E-state index in [0.29, 0.717) is 19.2 Å². The Morgan fingerprint density at radius 2 is 2.30 bits per heavy atom. The summed E-state index contributed by atoms with van der Waals surface area (Å²) >= 11 is 0. The van der Waals surface area contributed by atoms with E-state index in [1.165, 1.54) is 0 Å². The van der Waals surface area contributed by atoms with Gasteiger partial charge < -0.3 is 9.15 Å². The molecule has 1 aromatic heterocycles. The standard InChI is InChI=1S/C14H25N3O3/c1-5-11(3)17(6-7-19-4)9-12-8-10(2)13(20-12)14(18)16-15/h8,11H,5-7,9,15H2,1-4H3,(H,16,18). The number of carbonyl (C=O) groups excluding carboxylic acids is 1. The molecule has 114 valence electrons. The lowest BCUT2D eigenvalue weighted by molar-refractivity contribution is 0.0912. The molecule has 0 aliphatic carbocycles. The van der Waals surface area contributed by atoms with Gasteiger partial charge in [0.15, 0.2) is 5.76 Å². The predicted octanol–water partition coefficient (Wildman–Crippen LogP) is 1.44. The van der Waals surface area contributed by atoms with Crippen molar-refractivity contribution >= 4 is 5.91 Å². The summed E-state index contributed by atoms with van der Waals surface area (Å²) in [5, 5.41) is 0. The first-order valence-corrected chi connectivity index (χ1v) is 6.86. The van der Waals surface area contributed by atoms with E-state index in [-0.39, 0.29) is 5.76 Å². The summed E-state index contributed by atoms with van der Waals surface area (Å²) in [7, 11) is 1.69. The Hall–Kier alpha value is -1.37. The maximum atomic E-state index is 11.5. The first kappa shape index (κ1) is 16.7. The third-order valence-corrected chi connectivity index (χ3v) is 3.46. The van der Waals surface area contributed by atoms with Crippen molar-refractivity contribution in [3.63, 3.8) is 0 Å². The lowest BCUT2D eigenvalue weighted by Gasteiger charge is -2.27. The molecule has 3 N–H and O–H groups in total. The lowest BCUT2D eigenvalue weighted by Crippen LogP contribution is -2.34. The highest BCUT2D eigenvalue weighted by Crippen LogP contribution is 2.18. The molecule has 0 aromatic carbocycles. The number of hydrogen-bond donors (Lipinski definition) is 2. The number of carbonyl (C=O) groups is 1. The highest BCUT2D eigenvalue weighted by molar-refractivity contribution is 5.92. The van der Waals surface area contributed by atoms with Gasteiger partial charge in [0, 0.05) is 25.3 Å². The van der Waals surface area contributed by atoms with Crippen molar-refractivity contribution in [2.75, 3.05) is 20.3 Å². The number of nitrogens with one attached hydrogen (secondary N) is 1. The number of aryl methyl sites for hydroxylation is 1. The molecule has 0 saturated heterocycles. The van der Waals surface area contributed by atoms with Crippen molar-refractivity contribution in [2.24, 2.45) is 5.84 Å². The monoisotopic (exact) mass is 283 g/mol. The smallest absolute Gasteiger partial charge is 0.301 e. The number of amides is 1. The van der Waals surface area contributed by atoms with E-state index in [1.807, 2.05) is 13.0 Å². The van der Waals surface area contributed by atoms with E-state index in [2.05, 4.69) is 24.2 Å². The summed E-state index contributed by atoms with van der Waals surface area (Å²) in [6.07, 6.45) is 1.04. The van der Waals surface area contributed by atoms with Crippen LogP contribution in [0.15, 0.2) is 10.5 Å².